The van der Waals surface area contributed by atoms with Crippen molar-refractivity contribution in [1.29, 1.82) is 0 Å². The topological polar surface area (TPSA) is 27.6 Å². The van der Waals surface area contributed by atoms with E-state index in [0.717, 1.165) is 29.8 Å². The molecule has 0 saturated carbocycles. The average Bonchev–Trinajstić information content (AvgIpc) is 2.94. The smallest absolute Gasteiger partial charge is 0.156 e. The van der Waals surface area contributed by atoms with Gasteiger partial charge in [-0.2, -0.15) is 0 Å². The summed E-state index contributed by atoms with van der Waals surface area (Å²) in [5.41, 5.74) is 1.41. The van der Waals surface area contributed by atoms with Gasteiger partial charge in [-0.15, -0.1) is 0 Å². The summed E-state index contributed by atoms with van der Waals surface area (Å²) >= 11 is 1.88. The summed E-state index contributed by atoms with van der Waals surface area (Å²) in [5.74, 6) is 1.88. The van der Waals surface area contributed by atoms with Crippen molar-refractivity contribution in [3.8, 4) is 0 Å². The van der Waals surface area contributed by atoms with Gasteiger partial charge in [0.25, 0.3) is 0 Å². The number of likely N-dealkylation sites (tertiary alicyclic amines) is 1. The zero-order valence-electron chi connectivity index (χ0n) is 12.8. The summed E-state index contributed by atoms with van der Waals surface area (Å²) in [4.78, 5) is 7.25. The fourth-order valence-corrected chi connectivity index (χ4v) is 4.15. The van der Waals surface area contributed by atoms with Gasteiger partial charge >= 0.3 is 0 Å². The second kappa shape index (κ2) is 7.32. The molecule has 3 nitrogen and oxygen atoms in total. The van der Waals surface area contributed by atoms with Gasteiger partial charge in [0.15, 0.2) is 5.17 Å². The van der Waals surface area contributed by atoms with E-state index in [1.165, 1.54) is 31.5 Å². The number of thioether (sulfide) groups is 1. The monoisotopic (exact) mass is 303 g/mol. The summed E-state index contributed by atoms with van der Waals surface area (Å²) < 4.78 is 0. The van der Waals surface area contributed by atoms with Gasteiger partial charge in [-0.25, -0.2) is 0 Å². The van der Waals surface area contributed by atoms with Gasteiger partial charge in [0.05, 0.1) is 0 Å². The van der Waals surface area contributed by atoms with Crippen LogP contribution in [0.4, 0.5) is 0 Å². The van der Waals surface area contributed by atoms with E-state index in [9.17, 15) is 0 Å². The first-order valence-corrected chi connectivity index (χ1v) is 8.94. The molecule has 1 aromatic carbocycles. The Labute approximate surface area is 132 Å². The second-order valence-electron chi connectivity index (χ2n) is 6.26. The van der Waals surface area contributed by atoms with Crippen LogP contribution >= 0.6 is 11.8 Å². The summed E-state index contributed by atoms with van der Waals surface area (Å²) in [5, 5.41) is 4.75. The number of benzene rings is 1. The van der Waals surface area contributed by atoms with Crippen LogP contribution in [0.25, 0.3) is 0 Å². The predicted molar refractivity (Wildman–Crippen MR) is 92.1 cm³/mol. The van der Waals surface area contributed by atoms with Crippen LogP contribution in [-0.4, -0.2) is 48.5 Å². The molecule has 1 N–H and O–H groups in total. The van der Waals surface area contributed by atoms with Gasteiger partial charge in [-0.05, 0) is 44.3 Å². The number of hydrogen-bond donors (Lipinski definition) is 1. The van der Waals surface area contributed by atoms with E-state index in [0.29, 0.717) is 6.04 Å². The Morgan fingerprint density at radius 2 is 2.19 bits per heavy atom. The third kappa shape index (κ3) is 4.48. The molecule has 2 saturated heterocycles. The molecule has 2 unspecified atom stereocenters. The molecule has 0 amide bonds. The van der Waals surface area contributed by atoms with Crippen LogP contribution in [0.15, 0.2) is 35.3 Å². The van der Waals surface area contributed by atoms with E-state index in [-0.39, 0.29) is 0 Å². The van der Waals surface area contributed by atoms with Crippen LogP contribution in [0, 0.1) is 5.92 Å². The maximum Gasteiger partial charge on any atom is 0.156 e. The Balaban J connectivity index is 1.46. The van der Waals surface area contributed by atoms with Crippen molar-refractivity contribution in [1.82, 2.24) is 10.2 Å². The normalized spacial score (nSPS) is 28.7. The molecule has 3 rings (SSSR count). The predicted octanol–water partition coefficient (Wildman–Crippen LogP) is 2.63. The fourth-order valence-electron chi connectivity index (χ4n) is 3.17. The quantitative estimate of drug-likeness (QED) is 0.926. The Morgan fingerprint density at radius 1 is 1.33 bits per heavy atom. The highest BCUT2D eigenvalue weighted by molar-refractivity contribution is 8.14. The molecule has 0 spiro atoms. The van der Waals surface area contributed by atoms with Crippen LogP contribution in [-0.2, 0) is 6.42 Å². The van der Waals surface area contributed by atoms with Crippen LogP contribution in [0.3, 0.4) is 0 Å². The highest BCUT2D eigenvalue weighted by Gasteiger charge is 2.21. The Morgan fingerprint density at radius 3 is 3.00 bits per heavy atom. The summed E-state index contributed by atoms with van der Waals surface area (Å²) in [6.07, 6.45) is 3.75. The summed E-state index contributed by atoms with van der Waals surface area (Å²) in [6, 6.07) is 11.3. The molecular formula is C17H25N3S. The molecule has 114 valence electrons. The summed E-state index contributed by atoms with van der Waals surface area (Å²) in [7, 11) is 2.22. The van der Waals surface area contributed by atoms with Crippen molar-refractivity contribution in [2.75, 3.05) is 32.4 Å². The van der Waals surface area contributed by atoms with Crippen LogP contribution in [0.1, 0.15) is 18.4 Å². The number of hydrogen-bond acceptors (Lipinski definition) is 3. The number of nitrogens with zero attached hydrogens (tertiary/aromatic N) is 2. The first kappa shape index (κ1) is 14.9. The second-order valence-corrected chi connectivity index (χ2v) is 7.27. The van der Waals surface area contributed by atoms with E-state index in [2.05, 4.69) is 47.6 Å². The van der Waals surface area contributed by atoms with Crippen molar-refractivity contribution in [3.05, 3.63) is 35.9 Å². The van der Waals surface area contributed by atoms with Crippen molar-refractivity contribution in [2.45, 2.75) is 25.3 Å². The Kier molecular flexibility index (Phi) is 5.20. The van der Waals surface area contributed by atoms with Gasteiger partial charge in [-0.3, -0.25) is 4.99 Å². The molecule has 2 atom stereocenters. The molecule has 21 heavy (non-hydrogen) atoms. The van der Waals surface area contributed by atoms with Crippen LogP contribution in [0.5, 0.6) is 0 Å². The zero-order valence-corrected chi connectivity index (χ0v) is 13.6. The fraction of sp³-hybridized carbons (Fsp3) is 0.588. The van der Waals surface area contributed by atoms with Gasteiger partial charge in [-0.1, -0.05) is 42.1 Å². The van der Waals surface area contributed by atoms with E-state index >= 15 is 0 Å². The van der Waals surface area contributed by atoms with Gasteiger partial charge in [0.2, 0.25) is 0 Å². The first-order valence-electron chi connectivity index (χ1n) is 7.96. The first-order chi connectivity index (χ1) is 10.3. The lowest BCUT2D eigenvalue weighted by Crippen LogP contribution is -2.34. The van der Waals surface area contributed by atoms with Gasteiger partial charge < -0.3 is 10.2 Å². The molecule has 2 aliphatic heterocycles. The van der Waals surface area contributed by atoms with Crippen molar-refractivity contribution in [2.24, 2.45) is 10.9 Å². The Hall–Kier alpha value is -1.00. The molecule has 2 fully saturated rings. The number of amidine groups is 1. The maximum atomic E-state index is 4.82. The lowest BCUT2D eigenvalue weighted by Gasteiger charge is -2.28. The zero-order chi connectivity index (χ0) is 14.5. The van der Waals surface area contributed by atoms with E-state index in [1.54, 1.807) is 0 Å². The molecule has 0 aliphatic carbocycles. The molecule has 2 heterocycles. The molecular weight excluding hydrogens is 278 g/mol. The highest BCUT2D eigenvalue weighted by Crippen LogP contribution is 2.19. The molecule has 2 aliphatic rings. The molecule has 1 aromatic rings. The van der Waals surface area contributed by atoms with Crippen LogP contribution < -0.4 is 5.32 Å². The molecule has 0 bridgehead atoms. The third-order valence-corrected chi connectivity index (χ3v) is 5.38. The minimum Gasteiger partial charge on any atom is -0.361 e. The van der Waals surface area contributed by atoms with Gasteiger partial charge in [0, 0.05) is 24.9 Å². The Bertz CT molecular complexity index is 474. The number of nitrogens with one attached hydrogen (secondary N) is 1. The minimum atomic E-state index is 0.533. The number of aliphatic imine (C=N–C) groups is 1. The lowest BCUT2D eigenvalue weighted by atomic mass is 9.99. The summed E-state index contributed by atoms with van der Waals surface area (Å²) in [6.45, 7) is 3.44. The average molecular weight is 303 g/mol. The molecule has 0 radical (unpaired) electrons. The molecule has 0 aromatic heterocycles. The number of rotatable bonds is 4. The largest absolute Gasteiger partial charge is 0.361 e. The number of piperidine rings is 1. The van der Waals surface area contributed by atoms with E-state index < -0.39 is 0 Å². The minimum absolute atomic E-state index is 0.533. The molecule has 4 heteroatoms. The van der Waals surface area contributed by atoms with Crippen molar-refractivity contribution >= 4 is 16.9 Å². The van der Waals surface area contributed by atoms with Gasteiger partial charge in [0.1, 0.15) is 0 Å². The maximum absolute atomic E-state index is 4.82. The van der Waals surface area contributed by atoms with Crippen LogP contribution in [0.2, 0.25) is 0 Å². The van der Waals surface area contributed by atoms with Crippen molar-refractivity contribution in [3.63, 3.8) is 0 Å². The SMILES string of the molecule is CN1CCCC(CN=C2NC(Cc3ccccc3)CS2)C1. The highest BCUT2D eigenvalue weighted by atomic mass is 32.2. The third-order valence-electron chi connectivity index (χ3n) is 4.29. The lowest BCUT2D eigenvalue weighted by molar-refractivity contribution is 0.214. The van der Waals surface area contributed by atoms with Crippen molar-refractivity contribution < 1.29 is 0 Å². The van der Waals surface area contributed by atoms with E-state index in [4.69, 9.17) is 4.99 Å². The standard InChI is InChI=1S/C17H25N3S/c1-20-9-5-8-15(12-20)11-18-17-19-16(13-21-17)10-14-6-3-2-4-7-14/h2-4,6-7,15-16H,5,8-13H2,1H3,(H,18,19). The van der Waals surface area contributed by atoms with E-state index in [1.807, 2.05) is 11.8 Å².